The molecule has 9 heteroatoms. The van der Waals surface area contributed by atoms with Crippen molar-refractivity contribution in [2.24, 2.45) is 0 Å². The molecule has 2 aromatic heterocycles. The monoisotopic (exact) mass is 372 g/mol. The predicted molar refractivity (Wildman–Crippen MR) is 97.2 cm³/mol. The van der Waals surface area contributed by atoms with Crippen molar-refractivity contribution in [1.82, 2.24) is 15.3 Å². The van der Waals surface area contributed by atoms with Crippen LogP contribution >= 0.6 is 11.3 Å². The number of aromatic nitrogens is 2. The van der Waals surface area contributed by atoms with Crippen molar-refractivity contribution in [3.05, 3.63) is 63.9 Å². The second kappa shape index (κ2) is 8.26. The van der Waals surface area contributed by atoms with Gasteiger partial charge in [-0.3, -0.25) is 14.9 Å². The van der Waals surface area contributed by atoms with E-state index in [0.29, 0.717) is 18.7 Å². The smallest absolute Gasteiger partial charge is 0.269 e. The van der Waals surface area contributed by atoms with Crippen LogP contribution in [0.15, 0.2) is 48.1 Å². The van der Waals surface area contributed by atoms with Crippen molar-refractivity contribution in [2.45, 2.75) is 6.42 Å². The SMILES string of the molecule is O=C(COc1ccc([N+](=O)[O-])cc1)NCCc1[nH]cnc1-c1cccs1. The molecule has 8 nitrogen and oxygen atoms in total. The fraction of sp³-hybridized carbons (Fsp3) is 0.176. The summed E-state index contributed by atoms with van der Waals surface area (Å²) in [6.07, 6.45) is 2.26. The third kappa shape index (κ3) is 4.45. The lowest BCUT2D eigenvalue weighted by Crippen LogP contribution is -2.30. The van der Waals surface area contributed by atoms with E-state index in [-0.39, 0.29) is 18.2 Å². The highest BCUT2D eigenvalue weighted by molar-refractivity contribution is 7.13. The number of carbonyl (C=O) groups is 1. The molecule has 0 fully saturated rings. The van der Waals surface area contributed by atoms with Crippen LogP contribution in [-0.2, 0) is 11.2 Å². The molecule has 0 saturated heterocycles. The van der Waals surface area contributed by atoms with Crippen LogP contribution in [-0.4, -0.2) is 34.0 Å². The number of nitrogens with one attached hydrogen (secondary N) is 2. The van der Waals surface area contributed by atoms with Crippen molar-refractivity contribution >= 4 is 22.9 Å². The number of aromatic amines is 1. The molecule has 0 saturated carbocycles. The van der Waals surface area contributed by atoms with Gasteiger partial charge in [0.15, 0.2) is 6.61 Å². The number of nitrogens with zero attached hydrogens (tertiary/aromatic N) is 2. The summed E-state index contributed by atoms with van der Waals surface area (Å²) in [4.78, 5) is 30.5. The number of amides is 1. The number of imidazole rings is 1. The van der Waals surface area contributed by atoms with Gasteiger partial charge in [0.25, 0.3) is 11.6 Å². The highest BCUT2D eigenvalue weighted by atomic mass is 32.1. The number of carbonyl (C=O) groups excluding carboxylic acids is 1. The normalized spacial score (nSPS) is 10.5. The van der Waals surface area contributed by atoms with E-state index in [1.54, 1.807) is 17.7 Å². The number of thiophene rings is 1. The van der Waals surface area contributed by atoms with E-state index in [9.17, 15) is 14.9 Å². The number of H-pyrrole nitrogens is 1. The molecule has 26 heavy (non-hydrogen) atoms. The van der Waals surface area contributed by atoms with Gasteiger partial charge < -0.3 is 15.0 Å². The Morgan fingerprint density at radius 1 is 1.31 bits per heavy atom. The lowest BCUT2D eigenvalue weighted by atomic mass is 10.2. The van der Waals surface area contributed by atoms with E-state index >= 15 is 0 Å². The summed E-state index contributed by atoms with van der Waals surface area (Å²) in [5, 5.41) is 15.4. The number of hydrogen-bond acceptors (Lipinski definition) is 6. The van der Waals surface area contributed by atoms with Gasteiger partial charge in [0.05, 0.1) is 16.1 Å². The predicted octanol–water partition coefficient (Wildman–Crippen LogP) is 2.78. The van der Waals surface area contributed by atoms with E-state index in [1.165, 1.54) is 24.3 Å². The molecule has 2 N–H and O–H groups in total. The minimum atomic E-state index is -0.490. The molecule has 2 heterocycles. The number of ether oxygens (including phenoxy) is 1. The molecule has 0 radical (unpaired) electrons. The van der Waals surface area contributed by atoms with Crippen molar-refractivity contribution in [1.29, 1.82) is 0 Å². The Hall–Kier alpha value is -3.20. The fourth-order valence-corrected chi connectivity index (χ4v) is 3.08. The topological polar surface area (TPSA) is 110 Å². The summed E-state index contributed by atoms with van der Waals surface area (Å²) in [7, 11) is 0. The third-order valence-corrected chi connectivity index (χ3v) is 4.46. The molecule has 0 spiro atoms. The minimum absolute atomic E-state index is 0.0251. The molecule has 0 aliphatic rings. The van der Waals surface area contributed by atoms with Crippen LogP contribution in [0.2, 0.25) is 0 Å². The lowest BCUT2D eigenvalue weighted by molar-refractivity contribution is -0.384. The highest BCUT2D eigenvalue weighted by Gasteiger charge is 2.10. The van der Waals surface area contributed by atoms with Crippen LogP contribution in [0.5, 0.6) is 5.75 Å². The summed E-state index contributed by atoms with van der Waals surface area (Å²) in [5.74, 6) is 0.139. The summed E-state index contributed by atoms with van der Waals surface area (Å²) >= 11 is 1.61. The molecule has 0 aliphatic heterocycles. The van der Waals surface area contributed by atoms with Crippen LogP contribution in [0.25, 0.3) is 10.6 Å². The lowest BCUT2D eigenvalue weighted by Gasteiger charge is -2.07. The zero-order chi connectivity index (χ0) is 18.4. The highest BCUT2D eigenvalue weighted by Crippen LogP contribution is 2.25. The summed E-state index contributed by atoms with van der Waals surface area (Å²) in [5.41, 5.74) is 1.84. The Kier molecular flexibility index (Phi) is 5.59. The van der Waals surface area contributed by atoms with Gasteiger partial charge >= 0.3 is 0 Å². The standard InChI is InChI=1S/C17H16N4O4S/c22-16(10-25-13-5-3-12(4-6-13)21(23)24)18-8-7-14-17(20-11-19-14)15-2-1-9-26-15/h1-6,9,11H,7-8,10H2,(H,18,22)(H,19,20). The molecular formula is C17H16N4O4S. The number of nitro groups is 1. The van der Waals surface area contributed by atoms with E-state index in [2.05, 4.69) is 15.3 Å². The first kappa shape index (κ1) is 17.6. The zero-order valence-electron chi connectivity index (χ0n) is 13.7. The molecule has 1 amide bonds. The summed E-state index contributed by atoms with van der Waals surface area (Å²) < 4.78 is 5.32. The number of hydrogen-bond donors (Lipinski definition) is 2. The molecule has 3 aromatic rings. The van der Waals surface area contributed by atoms with E-state index in [4.69, 9.17) is 4.74 Å². The Morgan fingerprint density at radius 3 is 2.81 bits per heavy atom. The summed E-state index contributed by atoms with van der Waals surface area (Å²) in [6, 6.07) is 9.55. The molecule has 0 atom stereocenters. The van der Waals surface area contributed by atoms with E-state index < -0.39 is 4.92 Å². The molecule has 0 aliphatic carbocycles. The minimum Gasteiger partial charge on any atom is -0.484 e. The number of nitro benzene ring substituents is 1. The average molecular weight is 372 g/mol. The van der Waals surface area contributed by atoms with Crippen LogP contribution in [0, 0.1) is 10.1 Å². The largest absolute Gasteiger partial charge is 0.484 e. The number of rotatable bonds is 8. The van der Waals surface area contributed by atoms with Gasteiger partial charge in [-0.2, -0.15) is 0 Å². The Balaban J connectivity index is 1.44. The number of non-ortho nitro benzene ring substituents is 1. The molecule has 134 valence electrons. The fourth-order valence-electron chi connectivity index (χ4n) is 2.33. The molecule has 0 unspecified atom stereocenters. The molecule has 0 bridgehead atoms. The third-order valence-electron chi connectivity index (χ3n) is 3.59. The summed E-state index contributed by atoms with van der Waals surface area (Å²) in [6.45, 7) is 0.293. The Morgan fingerprint density at radius 2 is 2.12 bits per heavy atom. The molecular weight excluding hydrogens is 356 g/mol. The van der Waals surface area contributed by atoms with E-state index in [0.717, 1.165) is 16.3 Å². The van der Waals surface area contributed by atoms with Gasteiger partial charge in [-0.05, 0) is 23.6 Å². The molecule has 1 aromatic carbocycles. The van der Waals surface area contributed by atoms with E-state index in [1.807, 2.05) is 17.5 Å². The maximum Gasteiger partial charge on any atom is 0.269 e. The maximum absolute atomic E-state index is 11.9. The van der Waals surface area contributed by atoms with Crippen LogP contribution in [0.3, 0.4) is 0 Å². The first-order valence-electron chi connectivity index (χ1n) is 7.83. The van der Waals surface area contributed by atoms with Gasteiger partial charge in [0.1, 0.15) is 11.4 Å². The van der Waals surface area contributed by atoms with Crippen molar-refractivity contribution in [2.75, 3.05) is 13.2 Å². The first-order chi connectivity index (χ1) is 12.6. The van der Waals surface area contributed by atoms with Gasteiger partial charge in [-0.25, -0.2) is 4.98 Å². The average Bonchev–Trinajstić information content (AvgIpc) is 3.31. The maximum atomic E-state index is 11.9. The van der Waals surface area contributed by atoms with Gasteiger partial charge in [-0.1, -0.05) is 6.07 Å². The van der Waals surface area contributed by atoms with Gasteiger partial charge in [0, 0.05) is 30.8 Å². The quantitative estimate of drug-likeness (QED) is 0.467. The zero-order valence-corrected chi connectivity index (χ0v) is 14.5. The Labute approximate surface area is 153 Å². The van der Waals surface area contributed by atoms with Crippen LogP contribution < -0.4 is 10.1 Å². The second-order valence-electron chi connectivity index (χ2n) is 5.35. The van der Waals surface area contributed by atoms with Gasteiger partial charge in [-0.15, -0.1) is 11.3 Å². The van der Waals surface area contributed by atoms with Crippen molar-refractivity contribution < 1.29 is 14.5 Å². The number of benzene rings is 1. The van der Waals surface area contributed by atoms with Crippen LogP contribution in [0.1, 0.15) is 5.69 Å². The van der Waals surface area contributed by atoms with Gasteiger partial charge in [0.2, 0.25) is 0 Å². The van der Waals surface area contributed by atoms with Crippen molar-refractivity contribution in [3.8, 4) is 16.3 Å². The second-order valence-corrected chi connectivity index (χ2v) is 6.29. The first-order valence-corrected chi connectivity index (χ1v) is 8.71. The molecule has 3 rings (SSSR count). The van der Waals surface area contributed by atoms with Crippen LogP contribution in [0.4, 0.5) is 5.69 Å². The Bertz CT molecular complexity index is 875. The van der Waals surface area contributed by atoms with Crippen molar-refractivity contribution in [3.63, 3.8) is 0 Å².